The third-order valence-corrected chi connectivity index (χ3v) is 2.98. The topological polar surface area (TPSA) is 67.6 Å². The molecule has 0 aliphatic carbocycles. The first-order valence-electron chi connectivity index (χ1n) is 5.68. The highest BCUT2D eigenvalue weighted by Gasteiger charge is 2.15. The molecule has 0 saturated carbocycles. The molecule has 1 N–H and O–H groups in total. The molecule has 94 valence electrons. The summed E-state index contributed by atoms with van der Waals surface area (Å²) in [5.74, 6) is 0.0778. The molecule has 1 aliphatic heterocycles. The number of ether oxygens (including phenoxy) is 1. The molecule has 1 aromatic rings. The Balaban J connectivity index is 2.00. The summed E-state index contributed by atoms with van der Waals surface area (Å²) < 4.78 is 7.14. The lowest BCUT2D eigenvalue weighted by Crippen LogP contribution is -2.36. The van der Waals surface area contributed by atoms with Crippen LogP contribution in [0, 0.1) is 0 Å². The van der Waals surface area contributed by atoms with Crippen molar-refractivity contribution in [2.45, 2.75) is 13.0 Å². The SMILES string of the molecule is Cn1c(CC(=O)O)cnc1CN1CCOCC1. The molecule has 0 unspecified atom stereocenters. The average molecular weight is 239 g/mol. The van der Waals surface area contributed by atoms with E-state index in [1.807, 2.05) is 11.6 Å². The maximum Gasteiger partial charge on any atom is 0.309 e. The number of carbonyl (C=O) groups is 1. The van der Waals surface area contributed by atoms with Gasteiger partial charge in [-0.2, -0.15) is 0 Å². The van der Waals surface area contributed by atoms with E-state index in [4.69, 9.17) is 9.84 Å². The van der Waals surface area contributed by atoms with Gasteiger partial charge in [-0.05, 0) is 0 Å². The van der Waals surface area contributed by atoms with Crippen molar-refractivity contribution < 1.29 is 14.6 Å². The number of hydrogen-bond donors (Lipinski definition) is 1. The van der Waals surface area contributed by atoms with Gasteiger partial charge in [-0.3, -0.25) is 9.69 Å². The first-order valence-corrected chi connectivity index (χ1v) is 5.68. The van der Waals surface area contributed by atoms with Crippen LogP contribution in [-0.2, 0) is 29.5 Å². The van der Waals surface area contributed by atoms with Gasteiger partial charge >= 0.3 is 5.97 Å². The van der Waals surface area contributed by atoms with E-state index >= 15 is 0 Å². The van der Waals surface area contributed by atoms with Crippen molar-refractivity contribution in [2.24, 2.45) is 7.05 Å². The van der Waals surface area contributed by atoms with Crippen LogP contribution in [0.15, 0.2) is 6.20 Å². The van der Waals surface area contributed by atoms with Gasteiger partial charge in [-0.15, -0.1) is 0 Å². The van der Waals surface area contributed by atoms with Gasteiger partial charge in [-0.1, -0.05) is 0 Å². The first kappa shape index (κ1) is 12.1. The normalized spacial score (nSPS) is 17.2. The smallest absolute Gasteiger partial charge is 0.309 e. The van der Waals surface area contributed by atoms with Crippen LogP contribution in [0.2, 0.25) is 0 Å². The second-order valence-electron chi connectivity index (χ2n) is 4.18. The van der Waals surface area contributed by atoms with Gasteiger partial charge in [0.2, 0.25) is 0 Å². The molecule has 1 aliphatic rings. The maximum atomic E-state index is 10.7. The number of morpholine rings is 1. The third kappa shape index (κ3) is 3.04. The van der Waals surface area contributed by atoms with Crippen LogP contribution in [0.5, 0.6) is 0 Å². The number of nitrogens with zero attached hydrogens (tertiary/aromatic N) is 3. The average Bonchev–Trinajstić information content (AvgIpc) is 2.62. The highest BCUT2D eigenvalue weighted by Crippen LogP contribution is 2.08. The van der Waals surface area contributed by atoms with E-state index in [-0.39, 0.29) is 6.42 Å². The van der Waals surface area contributed by atoms with Crippen molar-refractivity contribution in [3.8, 4) is 0 Å². The Morgan fingerprint density at radius 1 is 1.53 bits per heavy atom. The number of carboxylic acids is 1. The molecule has 0 radical (unpaired) electrons. The number of aromatic nitrogens is 2. The van der Waals surface area contributed by atoms with Crippen LogP contribution < -0.4 is 0 Å². The Hall–Kier alpha value is -1.40. The van der Waals surface area contributed by atoms with E-state index in [2.05, 4.69) is 9.88 Å². The quantitative estimate of drug-likeness (QED) is 0.793. The molecule has 1 saturated heterocycles. The van der Waals surface area contributed by atoms with Crippen LogP contribution in [-0.4, -0.2) is 51.8 Å². The van der Waals surface area contributed by atoms with Crippen molar-refractivity contribution >= 4 is 5.97 Å². The summed E-state index contributed by atoms with van der Waals surface area (Å²) in [7, 11) is 1.86. The van der Waals surface area contributed by atoms with E-state index in [9.17, 15) is 4.79 Å². The van der Waals surface area contributed by atoms with E-state index in [0.29, 0.717) is 0 Å². The Labute approximate surface area is 99.8 Å². The van der Waals surface area contributed by atoms with Gasteiger partial charge in [0, 0.05) is 32.0 Å². The Morgan fingerprint density at radius 2 is 2.24 bits per heavy atom. The number of aliphatic carboxylic acids is 1. The fourth-order valence-corrected chi connectivity index (χ4v) is 1.91. The number of rotatable bonds is 4. The lowest BCUT2D eigenvalue weighted by molar-refractivity contribution is -0.136. The van der Waals surface area contributed by atoms with E-state index in [1.165, 1.54) is 0 Å². The third-order valence-electron chi connectivity index (χ3n) is 2.98. The Bertz CT molecular complexity index is 397. The van der Waals surface area contributed by atoms with E-state index in [1.54, 1.807) is 6.20 Å². The molecule has 1 fully saturated rings. The van der Waals surface area contributed by atoms with Gasteiger partial charge in [-0.25, -0.2) is 4.98 Å². The molecule has 0 bridgehead atoms. The van der Waals surface area contributed by atoms with E-state index < -0.39 is 5.97 Å². The second kappa shape index (κ2) is 5.29. The van der Waals surface area contributed by atoms with Crippen LogP contribution in [0.4, 0.5) is 0 Å². The lowest BCUT2D eigenvalue weighted by atomic mass is 10.3. The predicted molar refractivity (Wildman–Crippen MR) is 60.6 cm³/mol. The minimum Gasteiger partial charge on any atom is -0.481 e. The van der Waals surface area contributed by atoms with Crippen LogP contribution in [0.3, 0.4) is 0 Å². The van der Waals surface area contributed by atoms with Gasteiger partial charge in [0.05, 0.1) is 26.2 Å². The summed E-state index contributed by atoms with van der Waals surface area (Å²) in [5, 5.41) is 8.75. The van der Waals surface area contributed by atoms with Gasteiger partial charge in [0.15, 0.2) is 0 Å². The van der Waals surface area contributed by atoms with Gasteiger partial charge in [0.1, 0.15) is 5.82 Å². The monoisotopic (exact) mass is 239 g/mol. The van der Waals surface area contributed by atoms with Gasteiger partial charge in [0.25, 0.3) is 0 Å². The summed E-state index contributed by atoms with van der Waals surface area (Å²) in [6, 6.07) is 0. The summed E-state index contributed by atoms with van der Waals surface area (Å²) in [4.78, 5) is 17.2. The second-order valence-corrected chi connectivity index (χ2v) is 4.18. The number of hydrogen-bond acceptors (Lipinski definition) is 4. The van der Waals surface area contributed by atoms with Gasteiger partial charge < -0.3 is 14.4 Å². The minimum absolute atomic E-state index is 0.0204. The van der Waals surface area contributed by atoms with Crippen LogP contribution in [0.1, 0.15) is 11.5 Å². The molecule has 0 spiro atoms. The standard InChI is InChI=1S/C11H17N3O3/c1-13-9(6-11(15)16)7-12-10(13)8-14-2-4-17-5-3-14/h7H,2-6,8H2,1H3,(H,15,16). The maximum absolute atomic E-state index is 10.7. The zero-order valence-electron chi connectivity index (χ0n) is 9.93. The molecule has 2 heterocycles. The molecule has 6 nitrogen and oxygen atoms in total. The molecule has 6 heteroatoms. The molecule has 2 rings (SSSR count). The van der Waals surface area contributed by atoms with E-state index in [0.717, 1.165) is 44.4 Å². The van der Waals surface area contributed by atoms with Crippen LogP contribution >= 0.6 is 0 Å². The number of carboxylic acid groups (broad SMARTS) is 1. The highest BCUT2D eigenvalue weighted by atomic mass is 16.5. The molecular weight excluding hydrogens is 222 g/mol. The zero-order valence-corrected chi connectivity index (χ0v) is 9.93. The Kier molecular flexibility index (Phi) is 3.75. The van der Waals surface area contributed by atoms with Crippen LogP contribution in [0.25, 0.3) is 0 Å². The molecule has 17 heavy (non-hydrogen) atoms. The largest absolute Gasteiger partial charge is 0.481 e. The predicted octanol–water partition coefficient (Wildman–Crippen LogP) is -0.121. The molecule has 0 atom stereocenters. The summed E-state index contributed by atoms with van der Waals surface area (Å²) in [5.41, 5.74) is 0.737. The first-order chi connectivity index (χ1) is 8.16. The zero-order chi connectivity index (χ0) is 12.3. The molecular formula is C11H17N3O3. The van der Waals surface area contributed by atoms with Crippen molar-refractivity contribution in [3.63, 3.8) is 0 Å². The van der Waals surface area contributed by atoms with Crippen molar-refractivity contribution in [2.75, 3.05) is 26.3 Å². The fourth-order valence-electron chi connectivity index (χ4n) is 1.91. The van der Waals surface area contributed by atoms with Crippen molar-refractivity contribution in [1.82, 2.24) is 14.5 Å². The van der Waals surface area contributed by atoms with Crippen molar-refractivity contribution in [1.29, 1.82) is 0 Å². The summed E-state index contributed by atoms with van der Waals surface area (Å²) in [6.07, 6.45) is 1.66. The van der Waals surface area contributed by atoms with Crippen molar-refractivity contribution in [3.05, 3.63) is 17.7 Å². The Morgan fingerprint density at radius 3 is 2.88 bits per heavy atom. The molecule has 1 aromatic heterocycles. The molecule has 0 amide bonds. The number of imidazole rings is 1. The molecule has 0 aromatic carbocycles. The lowest BCUT2D eigenvalue weighted by Gasteiger charge is -2.26. The summed E-state index contributed by atoms with van der Waals surface area (Å²) in [6.45, 7) is 4.07. The minimum atomic E-state index is -0.828. The summed E-state index contributed by atoms with van der Waals surface area (Å²) >= 11 is 0. The fraction of sp³-hybridized carbons (Fsp3) is 0.636. The highest BCUT2D eigenvalue weighted by molar-refractivity contribution is 5.69.